The van der Waals surface area contributed by atoms with Crippen LogP contribution in [0.15, 0.2) is 35.3 Å². The Morgan fingerprint density at radius 1 is 1.27 bits per heavy atom. The van der Waals surface area contributed by atoms with Gasteiger partial charge < -0.3 is 4.90 Å². The Morgan fingerprint density at radius 3 is 2.86 bits per heavy atom. The highest BCUT2D eigenvalue weighted by Gasteiger charge is 2.27. The van der Waals surface area contributed by atoms with Gasteiger partial charge in [0.25, 0.3) is 0 Å². The molecule has 4 heteroatoms. The largest absolute Gasteiger partial charge is 0.346 e. The Labute approximate surface area is 138 Å². The molecule has 0 spiro atoms. The van der Waals surface area contributed by atoms with Crippen molar-refractivity contribution in [1.82, 2.24) is 9.80 Å². The molecule has 120 valence electrons. The lowest BCUT2D eigenvalue weighted by atomic mass is 10.1. The van der Waals surface area contributed by atoms with Crippen LogP contribution in [0.25, 0.3) is 0 Å². The van der Waals surface area contributed by atoms with Crippen LogP contribution in [0.1, 0.15) is 31.7 Å². The standard InChI is InChI=1S/C18H27N3S/c1-2-20-12-6-10-17(20)15-21(18-19-11-7-13-22-18)14-16-8-4-3-5-9-16/h3-5,8-9,17H,2,6-7,10-15H2,1H3. The predicted octanol–water partition coefficient (Wildman–Crippen LogP) is 3.47. The van der Waals surface area contributed by atoms with Crippen LogP contribution in [0, 0.1) is 0 Å². The highest BCUT2D eigenvalue weighted by Crippen LogP contribution is 2.23. The van der Waals surface area contributed by atoms with E-state index in [1.165, 1.54) is 48.8 Å². The van der Waals surface area contributed by atoms with Gasteiger partial charge in [-0.05, 0) is 37.9 Å². The fourth-order valence-corrected chi connectivity index (χ4v) is 4.39. The number of rotatable bonds is 5. The summed E-state index contributed by atoms with van der Waals surface area (Å²) in [5.41, 5.74) is 1.39. The fraction of sp³-hybridized carbons (Fsp3) is 0.611. The van der Waals surface area contributed by atoms with Crippen molar-refractivity contribution in [3.05, 3.63) is 35.9 Å². The van der Waals surface area contributed by atoms with E-state index in [9.17, 15) is 0 Å². The molecule has 1 unspecified atom stereocenters. The number of aliphatic imine (C=N–C) groups is 1. The first-order valence-corrected chi connectivity index (χ1v) is 9.55. The maximum Gasteiger partial charge on any atom is 0.159 e. The molecule has 2 aliphatic heterocycles. The van der Waals surface area contributed by atoms with Gasteiger partial charge >= 0.3 is 0 Å². The van der Waals surface area contributed by atoms with Crippen molar-refractivity contribution in [3.8, 4) is 0 Å². The molecule has 0 aliphatic carbocycles. The first-order chi connectivity index (χ1) is 10.9. The maximum absolute atomic E-state index is 4.81. The molecule has 2 heterocycles. The topological polar surface area (TPSA) is 18.8 Å². The number of hydrogen-bond donors (Lipinski definition) is 0. The van der Waals surface area contributed by atoms with E-state index < -0.39 is 0 Å². The third-order valence-corrected chi connectivity index (χ3v) is 5.74. The molecule has 0 aromatic heterocycles. The zero-order valence-corrected chi connectivity index (χ0v) is 14.4. The van der Waals surface area contributed by atoms with E-state index in [0.29, 0.717) is 6.04 Å². The number of amidine groups is 1. The molecule has 0 radical (unpaired) electrons. The summed E-state index contributed by atoms with van der Waals surface area (Å²) in [5, 5.41) is 1.26. The molecular formula is C18H27N3S. The van der Waals surface area contributed by atoms with Gasteiger partial charge in [-0.2, -0.15) is 0 Å². The van der Waals surface area contributed by atoms with Crippen molar-refractivity contribution in [3.63, 3.8) is 0 Å². The van der Waals surface area contributed by atoms with Crippen LogP contribution < -0.4 is 0 Å². The summed E-state index contributed by atoms with van der Waals surface area (Å²) in [7, 11) is 0. The van der Waals surface area contributed by atoms with Crippen LogP contribution in [0.5, 0.6) is 0 Å². The van der Waals surface area contributed by atoms with Crippen molar-refractivity contribution < 1.29 is 0 Å². The monoisotopic (exact) mass is 317 g/mol. The summed E-state index contributed by atoms with van der Waals surface area (Å²) in [6.07, 6.45) is 3.90. The Balaban J connectivity index is 1.72. The quantitative estimate of drug-likeness (QED) is 0.829. The molecule has 1 saturated heterocycles. The summed E-state index contributed by atoms with van der Waals surface area (Å²) in [5.74, 6) is 1.21. The number of likely N-dealkylation sites (N-methyl/N-ethyl adjacent to an activating group) is 1. The first-order valence-electron chi connectivity index (χ1n) is 8.57. The number of benzene rings is 1. The lowest BCUT2D eigenvalue weighted by Gasteiger charge is -2.33. The van der Waals surface area contributed by atoms with E-state index in [1.807, 2.05) is 11.8 Å². The average molecular weight is 318 g/mol. The second kappa shape index (κ2) is 8.02. The van der Waals surface area contributed by atoms with Crippen LogP contribution in [-0.4, -0.2) is 52.9 Å². The summed E-state index contributed by atoms with van der Waals surface area (Å²) in [6, 6.07) is 11.5. The van der Waals surface area contributed by atoms with Crippen LogP contribution in [0.3, 0.4) is 0 Å². The Hall–Kier alpha value is -1.000. The summed E-state index contributed by atoms with van der Waals surface area (Å²) in [4.78, 5) is 9.96. The van der Waals surface area contributed by atoms with Crippen LogP contribution in [-0.2, 0) is 6.54 Å². The fourth-order valence-electron chi connectivity index (χ4n) is 3.43. The minimum Gasteiger partial charge on any atom is -0.346 e. The highest BCUT2D eigenvalue weighted by atomic mass is 32.2. The number of nitrogens with zero attached hydrogens (tertiary/aromatic N) is 3. The third-order valence-electron chi connectivity index (χ3n) is 4.60. The molecule has 1 fully saturated rings. The Kier molecular flexibility index (Phi) is 5.79. The van der Waals surface area contributed by atoms with Crippen LogP contribution in [0.4, 0.5) is 0 Å². The first kappa shape index (κ1) is 15.9. The summed E-state index contributed by atoms with van der Waals surface area (Å²) >= 11 is 1.94. The lowest BCUT2D eigenvalue weighted by molar-refractivity contribution is 0.221. The maximum atomic E-state index is 4.81. The number of likely N-dealkylation sites (tertiary alicyclic amines) is 1. The zero-order valence-electron chi connectivity index (χ0n) is 13.6. The van der Waals surface area contributed by atoms with Crippen LogP contribution in [0.2, 0.25) is 0 Å². The van der Waals surface area contributed by atoms with Gasteiger partial charge in [0.05, 0.1) is 0 Å². The van der Waals surface area contributed by atoms with Gasteiger partial charge in [0.1, 0.15) is 0 Å². The normalized spacial score (nSPS) is 22.6. The van der Waals surface area contributed by atoms with Gasteiger partial charge in [-0.25, -0.2) is 0 Å². The predicted molar refractivity (Wildman–Crippen MR) is 96.5 cm³/mol. The third kappa shape index (κ3) is 4.05. The minimum absolute atomic E-state index is 0.693. The van der Waals surface area contributed by atoms with E-state index in [-0.39, 0.29) is 0 Å². The smallest absolute Gasteiger partial charge is 0.159 e. The van der Waals surface area contributed by atoms with Gasteiger partial charge in [0.15, 0.2) is 5.17 Å². The molecule has 0 saturated carbocycles. The molecule has 3 nitrogen and oxygen atoms in total. The van der Waals surface area contributed by atoms with Gasteiger partial charge in [0, 0.05) is 31.4 Å². The van der Waals surface area contributed by atoms with Gasteiger partial charge in [-0.15, -0.1) is 0 Å². The molecule has 3 rings (SSSR count). The molecule has 1 aromatic carbocycles. The van der Waals surface area contributed by atoms with E-state index in [1.54, 1.807) is 0 Å². The van der Waals surface area contributed by atoms with Crippen LogP contribution >= 0.6 is 11.8 Å². The van der Waals surface area contributed by atoms with Crippen molar-refractivity contribution in [2.24, 2.45) is 4.99 Å². The van der Waals surface area contributed by atoms with Gasteiger partial charge in [0.2, 0.25) is 0 Å². The van der Waals surface area contributed by atoms with Gasteiger partial charge in [-0.1, -0.05) is 49.0 Å². The van der Waals surface area contributed by atoms with Crippen molar-refractivity contribution in [2.75, 3.05) is 31.9 Å². The van der Waals surface area contributed by atoms with E-state index in [4.69, 9.17) is 4.99 Å². The van der Waals surface area contributed by atoms with E-state index in [2.05, 4.69) is 47.1 Å². The number of thioether (sulfide) groups is 1. The van der Waals surface area contributed by atoms with E-state index in [0.717, 1.165) is 19.6 Å². The molecule has 0 amide bonds. The molecular weight excluding hydrogens is 290 g/mol. The molecule has 1 aromatic rings. The Bertz CT molecular complexity index is 488. The Morgan fingerprint density at radius 2 is 2.14 bits per heavy atom. The zero-order chi connectivity index (χ0) is 15.2. The van der Waals surface area contributed by atoms with Crippen molar-refractivity contribution in [2.45, 2.75) is 38.8 Å². The molecule has 0 N–H and O–H groups in total. The van der Waals surface area contributed by atoms with Crippen molar-refractivity contribution >= 4 is 16.9 Å². The highest BCUT2D eigenvalue weighted by molar-refractivity contribution is 8.13. The molecule has 22 heavy (non-hydrogen) atoms. The SMILES string of the molecule is CCN1CCCC1CN(Cc1ccccc1)C1=NCCCS1. The molecule has 1 atom stereocenters. The van der Waals surface area contributed by atoms with Gasteiger partial charge in [-0.3, -0.25) is 9.89 Å². The number of hydrogen-bond acceptors (Lipinski definition) is 4. The molecule has 0 bridgehead atoms. The summed E-state index contributed by atoms with van der Waals surface area (Å²) in [6.45, 7) is 7.82. The van der Waals surface area contributed by atoms with E-state index >= 15 is 0 Å². The minimum atomic E-state index is 0.693. The summed E-state index contributed by atoms with van der Waals surface area (Å²) < 4.78 is 0. The second-order valence-electron chi connectivity index (χ2n) is 6.16. The molecule has 2 aliphatic rings. The lowest BCUT2D eigenvalue weighted by Crippen LogP contribution is -2.42. The average Bonchev–Trinajstić information content (AvgIpc) is 3.03. The van der Waals surface area contributed by atoms with Crippen molar-refractivity contribution in [1.29, 1.82) is 0 Å². The second-order valence-corrected chi connectivity index (χ2v) is 7.22.